The smallest absolute Gasteiger partial charge is 0.245 e. The summed E-state index contributed by atoms with van der Waals surface area (Å²) in [5, 5.41) is 9.80. The number of hydrogen-bond donors (Lipinski definition) is 5. The lowest BCUT2D eigenvalue weighted by atomic mass is 9.96. The zero-order valence-corrected chi connectivity index (χ0v) is 34.7. The van der Waals surface area contributed by atoms with Crippen molar-refractivity contribution < 1.29 is 24.0 Å². The molecule has 5 atom stereocenters. The van der Waals surface area contributed by atoms with E-state index in [1.54, 1.807) is 31.3 Å². The van der Waals surface area contributed by atoms with Crippen LogP contribution in [0.1, 0.15) is 67.6 Å². The van der Waals surface area contributed by atoms with Crippen LogP contribution < -0.4 is 21.7 Å². The number of aromatic amines is 1. The number of rotatable bonds is 20. The number of ketones is 1. The molecule has 0 unspecified atom stereocenters. The number of aromatic nitrogens is 1. The van der Waals surface area contributed by atoms with E-state index < -0.39 is 53.8 Å². The molecular formula is C48H58N6O5. The fourth-order valence-corrected chi connectivity index (χ4v) is 7.35. The number of Topliss-reactive ketones (excluding diaryl/α,β-unsaturated/α-hetero) is 1. The average Bonchev–Trinajstić information content (AvgIpc) is 3.64. The van der Waals surface area contributed by atoms with Gasteiger partial charge in [0.15, 0.2) is 5.78 Å². The quantitative estimate of drug-likeness (QED) is 0.0627. The second-order valence-corrected chi connectivity index (χ2v) is 16.2. The highest BCUT2D eigenvalue weighted by Crippen LogP contribution is 2.21. The van der Waals surface area contributed by atoms with E-state index in [4.69, 9.17) is 5.73 Å². The Labute approximate surface area is 347 Å². The van der Waals surface area contributed by atoms with Crippen LogP contribution in [0.15, 0.2) is 121 Å². The lowest BCUT2D eigenvalue weighted by Crippen LogP contribution is -2.59. The fourth-order valence-electron chi connectivity index (χ4n) is 7.35. The Morgan fingerprint density at radius 2 is 1.12 bits per heavy atom. The zero-order valence-electron chi connectivity index (χ0n) is 34.7. The third-order valence-corrected chi connectivity index (χ3v) is 10.5. The molecule has 0 saturated heterocycles. The van der Waals surface area contributed by atoms with Crippen LogP contribution in [0, 0.1) is 11.8 Å². The minimum absolute atomic E-state index is 0.0103. The average molecular weight is 799 g/mol. The summed E-state index contributed by atoms with van der Waals surface area (Å²) in [7, 11) is 1.56. The van der Waals surface area contributed by atoms with E-state index in [1.165, 1.54) is 4.90 Å². The van der Waals surface area contributed by atoms with Gasteiger partial charge >= 0.3 is 0 Å². The van der Waals surface area contributed by atoms with Crippen molar-refractivity contribution in [3.05, 3.63) is 144 Å². The van der Waals surface area contributed by atoms with E-state index >= 15 is 0 Å². The Kier molecular flexibility index (Phi) is 15.7. The SMILES string of the molecule is CC(C)C[C@H](C(=O)N[C@@H](Cc1ccccc1)C(=O)N[C@@H](Cc1c[nH]c2ccccc12)C(=O)c1ccccc1)N(C)C(=O)[C@@H](CC(C)C)NC(=O)[C@@H](N)Cc1ccccc1. The number of amides is 4. The number of benzene rings is 4. The number of para-hydroxylation sites is 1. The zero-order chi connectivity index (χ0) is 42.5. The summed E-state index contributed by atoms with van der Waals surface area (Å²) in [6.45, 7) is 7.81. The highest BCUT2D eigenvalue weighted by Gasteiger charge is 2.36. The van der Waals surface area contributed by atoms with E-state index in [-0.39, 0.29) is 30.5 Å². The van der Waals surface area contributed by atoms with Crippen LogP contribution in [-0.2, 0) is 38.4 Å². The number of H-pyrrole nitrogens is 1. The van der Waals surface area contributed by atoms with Crippen LogP contribution in [0.2, 0.25) is 0 Å². The maximum Gasteiger partial charge on any atom is 0.245 e. The summed E-state index contributed by atoms with van der Waals surface area (Å²) >= 11 is 0. The molecule has 0 saturated carbocycles. The summed E-state index contributed by atoms with van der Waals surface area (Å²) in [6, 6.07) is 30.5. The number of hydrogen-bond acceptors (Lipinski definition) is 6. The standard InChI is InChI=1S/C48H58N6O5/c1-31(2)25-42(53-45(56)38(49)27-33-17-9-6-10-18-33)48(59)54(5)43(26-32(3)4)47(58)52-41(28-34-19-11-7-12-20-34)46(57)51-40(44(55)35-21-13-8-14-22-35)29-36-30-50-39-24-16-15-23-37(36)39/h6-24,30-32,38,40-43,50H,25-29,49H2,1-5H3,(H,51,57)(H,52,58)(H,53,56)/t38-,40-,41-,42+,43+/m0/s1. The van der Waals surface area contributed by atoms with Crippen LogP contribution >= 0.6 is 0 Å². The summed E-state index contributed by atoms with van der Waals surface area (Å²) in [4.78, 5) is 75.4. The second-order valence-electron chi connectivity index (χ2n) is 16.2. The topological polar surface area (TPSA) is 166 Å². The van der Waals surface area contributed by atoms with Gasteiger partial charge in [-0.05, 0) is 53.9 Å². The molecule has 5 rings (SSSR count). The van der Waals surface area contributed by atoms with Crippen molar-refractivity contribution in [2.45, 2.75) is 90.0 Å². The van der Waals surface area contributed by atoms with Crippen LogP contribution in [0.3, 0.4) is 0 Å². The monoisotopic (exact) mass is 798 g/mol. The van der Waals surface area contributed by atoms with Gasteiger partial charge in [-0.15, -0.1) is 0 Å². The maximum absolute atomic E-state index is 14.5. The van der Waals surface area contributed by atoms with Gasteiger partial charge < -0.3 is 31.6 Å². The van der Waals surface area contributed by atoms with Gasteiger partial charge in [0.2, 0.25) is 23.6 Å². The molecular weight excluding hydrogens is 741 g/mol. The first-order valence-electron chi connectivity index (χ1n) is 20.5. The molecule has 0 aliphatic rings. The molecule has 0 spiro atoms. The fraction of sp³-hybridized carbons (Fsp3) is 0.354. The highest BCUT2D eigenvalue weighted by atomic mass is 16.2. The lowest BCUT2D eigenvalue weighted by molar-refractivity contribution is -0.143. The number of nitrogens with two attached hydrogens (primary N) is 1. The van der Waals surface area contributed by atoms with Crippen LogP contribution in [0.5, 0.6) is 0 Å². The third-order valence-electron chi connectivity index (χ3n) is 10.5. The van der Waals surface area contributed by atoms with Crippen molar-refractivity contribution in [3.8, 4) is 0 Å². The molecule has 0 aliphatic heterocycles. The van der Waals surface area contributed by atoms with Crippen LogP contribution in [0.4, 0.5) is 0 Å². The number of carbonyl (C=O) groups is 5. The van der Waals surface area contributed by atoms with Crippen molar-refractivity contribution in [3.63, 3.8) is 0 Å². The number of likely N-dealkylation sites (N-methyl/N-ethyl adjacent to an activating group) is 1. The van der Waals surface area contributed by atoms with Gasteiger partial charge in [0.05, 0.1) is 12.1 Å². The van der Waals surface area contributed by atoms with Crippen molar-refractivity contribution in [2.24, 2.45) is 17.6 Å². The van der Waals surface area contributed by atoms with Crippen molar-refractivity contribution in [2.75, 3.05) is 7.05 Å². The molecule has 5 aromatic rings. The van der Waals surface area contributed by atoms with Gasteiger partial charge in [-0.1, -0.05) is 137 Å². The summed E-state index contributed by atoms with van der Waals surface area (Å²) < 4.78 is 0. The van der Waals surface area contributed by atoms with Crippen LogP contribution in [0.25, 0.3) is 10.9 Å². The van der Waals surface area contributed by atoms with Crippen molar-refractivity contribution in [1.29, 1.82) is 0 Å². The summed E-state index contributed by atoms with van der Waals surface area (Å²) in [6.07, 6.45) is 3.11. The number of fused-ring (bicyclic) bond motifs is 1. The third kappa shape index (κ3) is 12.5. The van der Waals surface area contributed by atoms with Gasteiger partial charge in [0.25, 0.3) is 0 Å². The van der Waals surface area contributed by atoms with Gasteiger partial charge in [-0.3, -0.25) is 24.0 Å². The number of nitrogens with zero attached hydrogens (tertiary/aromatic N) is 1. The predicted octanol–water partition coefficient (Wildman–Crippen LogP) is 5.78. The molecule has 0 bridgehead atoms. The van der Waals surface area contributed by atoms with E-state index in [0.717, 1.165) is 27.6 Å². The number of nitrogens with one attached hydrogen (secondary N) is 4. The first-order chi connectivity index (χ1) is 28.3. The minimum atomic E-state index is -1.10. The predicted molar refractivity (Wildman–Crippen MR) is 232 cm³/mol. The Morgan fingerprint density at radius 1 is 0.593 bits per heavy atom. The molecule has 0 radical (unpaired) electrons. The molecule has 0 aliphatic carbocycles. The summed E-state index contributed by atoms with van der Waals surface area (Å²) in [5.41, 5.74) is 10.2. The molecule has 6 N–H and O–H groups in total. The van der Waals surface area contributed by atoms with Crippen LogP contribution in [-0.4, -0.2) is 76.6 Å². The molecule has 4 aromatic carbocycles. The van der Waals surface area contributed by atoms with Gasteiger partial charge in [0.1, 0.15) is 18.1 Å². The molecule has 1 heterocycles. The Bertz CT molecular complexity index is 2150. The first kappa shape index (κ1) is 44.0. The summed E-state index contributed by atoms with van der Waals surface area (Å²) in [5.74, 6) is -2.19. The van der Waals surface area contributed by atoms with E-state index in [1.807, 2.05) is 125 Å². The van der Waals surface area contributed by atoms with Gasteiger partial charge in [0, 0.05) is 42.6 Å². The lowest BCUT2D eigenvalue weighted by Gasteiger charge is -2.33. The van der Waals surface area contributed by atoms with Crippen molar-refractivity contribution in [1.82, 2.24) is 25.8 Å². The Hall–Kier alpha value is -6.07. The molecule has 11 nitrogen and oxygen atoms in total. The van der Waals surface area contributed by atoms with E-state index in [9.17, 15) is 24.0 Å². The maximum atomic E-state index is 14.5. The van der Waals surface area contributed by atoms with Crippen molar-refractivity contribution >= 4 is 40.3 Å². The molecule has 310 valence electrons. The highest BCUT2D eigenvalue weighted by molar-refractivity contribution is 6.03. The molecule has 11 heteroatoms. The molecule has 4 amide bonds. The number of carbonyl (C=O) groups excluding carboxylic acids is 5. The molecule has 1 aromatic heterocycles. The van der Waals surface area contributed by atoms with Gasteiger partial charge in [-0.2, -0.15) is 0 Å². The minimum Gasteiger partial charge on any atom is -0.361 e. The van der Waals surface area contributed by atoms with E-state index in [0.29, 0.717) is 24.8 Å². The second kappa shape index (κ2) is 21.1. The molecule has 59 heavy (non-hydrogen) atoms. The Morgan fingerprint density at radius 3 is 1.73 bits per heavy atom. The molecule has 0 fully saturated rings. The normalized spacial score (nSPS) is 13.9. The first-order valence-corrected chi connectivity index (χ1v) is 20.5. The van der Waals surface area contributed by atoms with Gasteiger partial charge in [-0.25, -0.2) is 0 Å². The Balaban J connectivity index is 1.39. The van der Waals surface area contributed by atoms with E-state index in [2.05, 4.69) is 20.9 Å². The largest absolute Gasteiger partial charge is 0.361 e.